The van der Waals surface area contributed by atoms with Crippen molar-refractivity contribution in [3.63, 3.8) is 0 Å². The van der Waals surface area contributed by atoms with Gasteiger partial charge in [0.25, 0.3) is 11.8 Å². The number of aryl methyl sites for hydroxylation is 1. The van der Waals surface area contributed by atoms with E-state index in [-0.39, 0.29) is 41.3 Å². The van der Waals surface area contributed by atoms with E-state index in [1.165, 1.54) is 22.7 Å². The lowest BCUT2D eigenvalue weighted by atomic mass is 9.96. The predicted octanol–water partition coefficient (Wildman–Crippen LogP) is 3.66. The molecule has 0 saturated carbocycles. The number of nitrogen functional groups attached to an aromatic ring is 1. The molecule has 3 amide bonds. The van der Waals surface area contributed by atoms with Crippen LogP contribution >= 0.6 is 23.4 Å². The fourth-order valence-electron chi connectivity index (χ4n) is 5.38. The molecule has 1 saturated heterocycles. The number of aliphatic hydroxyl groups is 1. The fourth-order valence-corrected chi connectivity index (χ4v) is 6.73. The van der Waals surface area contributed by atoms with Gasteiger partial charge in [-0.25, -0.2) is 0 Å². The Morgan fingerprint density at radius 3 is 2.64 bits per heavy atom. The fraction of sp³-hybridized carbons (Fsp3) is 0.344. The minimum absolute atomic E-state index is 0.0655. The number of rotatable bonds is 9. The number of hydrogen-bond donors (Lipinski definition) is 4. The SMILES string of the molecule is Cc1ccccc1CNC(=O)[C@H]1N(C(=O)[C@@H](O)[C@H](Cc2ccc3c(c2)OCO3)NC(=O)c2cccc(N)c2Cl)CSC1(C)C. The zero-order valence-corrected chi connectivity index (χ0v) is 26.2. The van der Waals surface area contributed by atoms with Gasteiger partial charge >= 0.3 is 0 Å². The van der Waals surface area contributed by atoms with E-state index in [1.54, 1.807) is 30.3 Å². The number of aliphatic hydroxyl groups excluding tert-OH is 1. The molecule has 232 valence electrons. The number of benzene rings is 3. The first kappa shape index (κ1) is 31.5. The van der Waals surface area contributed by atoms with Crippen molar-refractivity contribution < 1.29 is 29.0 Å². The van der Waals surface area contributed by atoms with Gasteiger partial charge in [-0.15, -0.1) is 11.8 Å². The molecule has 2 heterocycles. The van der Waals surface area contributed by atoms with E-state index in [0.717, 1.165) is 11.1 Å². The standard InChI is InChI=1S/C32H35ClN4O6S/c1-18-7-4-5-8-20(18)15-35-30(40)28-32(2,3)44-16-37(28)31(41)27(38)23(13-19-11-12-24-25(14-19)43-17-42-24)36-29(39)21-9-6-10-22(34)26(21)33/h4-12,14,23,27-28,38H,13,15-17,34H2,1-3H3,(H,35,40)(H,36,39)/t23-,27-,28+/m0/s1. The first-order valence-electron chi connectivity index (χ1n) is 14.1. The quantitative estimate of drug-likeness (QED) is 0.260. The molecule has 12 heteroatoms. The first-order chi connectivity index (χ1) is 21.0. The number of ether oxygens (including phenoxy) is 2. The molecule has 1 fully saturated rings. The molecule has 5 N–H and O–H groups in total. The summed E-state index contributed by atoms with van der Waals surface area (Å²) < 4.78 is 10.3. The number of thioether (sulfide) groups is 1. The van der Waals surface area contributed by atoms with Crippen LogP contribution in [0, 0.1) is 6.92 Å². The Kier molecular flexibility index (Phi) is 9.28. The Hall–Kier alpha value is -3.93. The van der Waals surface area contributed by atoms with Crippen molar-refractivity contribution in [2.75, 3.05) is 18.4 Å². The van der Waals surface area contributed by atoms with Gasteiger partial charge in [-0.1, -0.05) is 48.0 Å². The summed E-state index contributed by atoms with van der Waals surface area (Å²) in [6.07, 6.45) is -1.62. The minimum Gasteiger partial charge on any atom is -0.454 e. The second-order valence-electron chi connectivity index (χ2n) is 11.4. The van der Waals surface area contributed by atoms with E-state index in [0.29, 0.717) is 23.6 Å². The van der Waals surface area contributed by atoms with E-state index >= 15 is 0 Å². The van der Waals surface area contributed by atoms with E-state index in [4.69, 9.17) is 26.8 Å². The lowest BCUT2D eigenvalue weighted by Crippen LogP contribution is -2.58. The molecule has 3 atom stereocenters. The van der Waals surface area contributed by atoms with Crippen LogP contribution in [-0.4, -0.2) is 63.3 Å². The molecule has 0 unspecified atom stereocenters. The van der Waals surface area contributed by atoms with E-state index in [2.05, 4.69) is 10.6 Å². The molecule has 5 rings (SSSR count). The average molecular weight is 639 g/mol. The Morgan fingerprint density at radius 2 is 1.86 bits per heavy atom. The van der Waals surface area contributed by atoms with Crippen LogP contribution in [0.25, 0.3) is 0 Å². The summed E-state index contributed by atoms with van der Waals surface area (Å²) in [7, 11) is 0. The minimum atomic E-state index is -1.69. The lowest BCUT2D eigenvalue weighted by molar-refractivity contribution is -0.147. The summed E-state index contributed by atoms with van der Waals surface area (Å²) in [6, 6.07) is 15.7. The zero-order valence-electron chi connectivity index (χ0n) is 24.6. The van der Waals surface area contributed by atoms with Crippen molar-refractivity contribution in [1.29, 1.82) is 0 Å². The largest absolute Gasteiger partial charge is 0.454 e. The summed E-state index contributed by atoms with van der Waals surface area (Å²) in [5.74, 6) is -0.320. The maximum atomic E-state index is 14.0. The van der Waals surface area contributed by atoms with Gasteiger partial charge in [-0.3, -0.25) is 14.4 Å². The van der Waals surface area contributed by atoms with Gasteiger partial charge in [0.1, 0.15) is 6.04 Å². The number of nitrogens with one attached hydrogen (secondary N) is 2. The van der Waals surface area contributed by atoms with Crippen molar-refractivity contribution in [3.8, 4) is 11.5 Å². The van der Waals surface area contributed by atoms with Crippen LogP contribution in [0.15, 0.2) is 60.7 Å². The van der Waals surface area contributed by atoms with Crippen LogP contribution in [0.1, 0.15) is 40.9 Å². The van der Waals surface area contributed by atoms with Crippen molar-refractivity contribution in [2.45, 2.75) is 56.7 Å². The Labute approximate surface area is 265 Å². The second kappa shape index (κ2) is 13.0. The van der Waals surface area contributed by atoms with Gasteiger partial charge in [-0.2, -0.15) is 0 Å². The molecule has 0 spiro atoms. The van der Waals surface area contributed by atoms with Gasteiger partial charge in [0.15, 0.2) is 17.6 Å². The lowest BCUT2D eigenvalue weighted by Gasteiger charge is -2.33. The second-order valence-corrected chi connectivity index (χ2v) is 13.3. The molecule has 3 aromatic rings. The third kappa shape index (κ3) is 6.59. The molecule has 0 radical (unpaired) electrons. The number of carbonyl (C=O) groups excluding carboxylic acids is 3. The van der Waals surface area contributed by atoms with Gasteiger partial charge in [-0.05, 0) is 68.1 Å². The molecular formula is C32H35ClN4O6S. The maximum Gasteiger partial charge on any atom is 0.254 e. The normalized spacial score (nSPS) is 18.0. The zero-order chi connectivity index (χ0) is 31.6. The van der Waals surface area contributed by atoms with Crippen LogP contribution in [-0.2, 0) is 22.6 Å². The number of anilines is 1. The van der Waals surface area contributed by atoms with Crippen LogP contribution in [0.4, 0.5) is 5.69 Å². The Bertz CT molecular complexity index is 1580. The van der Waals surface area contributed by atoms with Gasteiger partial charge in [0.2, 0.25) is 12.7 Å². The predicted molar refractivity (Wildman–Crippen MR) is 170 cm³/mol. The van der Waals surface area contributed by atoms with Crippen molar-refractivity contribution in [2.24, 2.45) is 0 Å². The molecule has 44 heavy (non-hydrogen) atoms. The smallest absolute Gasteiger partial charge is 0.254 e. The Morgan fingerprint density at radius 1 is 1.11 bits per heavy atom. The van der Waals surface area contributed by atoms with E-state index in [9.17, 15) is 19.5 Å². The highest BCUT2D eigenvalue weighted by Gasteiger charge is 2.49. The molecule has 0 bridgehead atoms. The topological polar surface area (TPSA) is 143 Å². The molecule has 10 nitrogen and oxygen atoms in total. The highest BCUT2D eigenvalue weighted by atomic mass is 35.5. The van der Waals surface area contributed by atoms with E-state index < -0.39 is 34.7 Å². The van der Waals surface area contributed by atoms with Gasteiger partial charge < -0.3 is 35.8 Å². The number of hydrogen-bond acceptors (Lipinski definition) is 8. The molecule has 0 aliphatic carbocycles. The highest BCUT2D eigenvalue weighted by Crippen LogP contribution is 2.40. The number of halogens is 1. The summed E-state index contributed by atoms with van der Waals surface area (Å²) in [5.41, 5.74) is 8.93. The summed E-state index contributed by atoms with van der Waals surface area (Å²) >= 11 is 7.75. The van der Waals surface area contributed by atoms with Gasteiger partial charge in [0.05, 0.1) is 28.2 Å². The van der Waals surface area contributed by atoms with Crippen molar-refractivity contribution >= 4 is 46.8 Å². The number of nitrogens with zero attached hydrogens (tertiary/aromatic N) is 1. The molecule has 3 aromatic carbocycles. The maximum absolute atomic E-state index is 14.0. The summed E-state index contributed by atoms with van der Waals surface area (Å²) in [6.45, 7) is 6.14. The van der Waals surface area contributed by atoms with Crippen LogP contribution in [0.5, 0.6) is 11.5 Å². The highest BCUT2D eigenvalue weighted by molar-refractivity contribution is 8.00. The van der Waals surface area contributed by atoms with E-state index in [1.807, 2.05) is 45.0 Å². The van der Waals surface area contributed by atoms with Crippen LogP contribution < -0.4 is 25.8 Å². The third-order valence-corrected chi connectivity index (χ3v) is 9.70. The number of nitrogens with two attached hydrogens (primary N) is 1. The Balaban J connectivity index is 1.39. The molecule has 2 aliphatic heterocycles. The number of carbonyl (C=O) groups is 3. The third-order valence-electron chi connectivity index (χ3n) is 7.91. The van der Waals surface area contributed by atoms with Crippen molar-refractivity contribution in [1.82, 2.24) is 15.5 Å². The van der Waals surface area contributed by atoms with Crippen LogP contribution in [0.2, 0.25) is 5.02 Å². The molecule has 0 aromatic heterocycles. The van der Waals surface area contributed by atoms with Crippen molar-refractivity contribution in [3.05, 3.63) is 87.9 Å². The summed E-state index contributed by atoms with van der Waals surface area (Å²) in [4.78, 5) is 42.3. The monoisotopic (exact) mass is 638 g/mol. The number of fused-ring (bicyclic) bond motifs is 1. The first-order valence-corrected chi connectivity index (χ1v) is 15.5. The van der Waals surface area contributed by atoms with Gasteiger partial charge in [0, 0.05) is 11.3 Å². The number of amides is 3. The summed E-state index contributed by atoms with van der Waals surface area (Å²) in [5, 5.41) is 17.4. The average Bonchev–Trinajstić information content (AvgIpc) is 3.59. The molecular weight excluding hydrogens is 604 g/mol. The van der Waals surface area contributed by atoms with Crippen LogP contribution in [0.3, 0.4) is 0 Å². The molecule has 2 aliphatic rings.